The van der Waals surface area contributed by atoms with E-state index in [1.807, 2.05) is 0 Å². The Morgan fingerprint density at radius 3 is 2.52 bits per heavy atom. The number of fused-ring (bicyclic) bond motifs is 5. The van der Waals surface area contributed by atoms with Crippen molar-refractivity contribution in [2.45, 2.75) is 82.2 Å². The number of alkyl halides is 1. The summed E-state index contributed by atoms with van der Waals surface area (Å²) in [6, 6.07) is 0. The van der Waals surface area contributed by atoms with Crippen molar-refractivity contribution in [2.75, 3.05) is 0 Å². The van der Waals surface area contributed by atoms with Crippen LogP contribution >= 0.6 is 22.6 Å². The van der Waals surface area contributed by atoms with Gasteiger partial charge < -0.3 is 4.74 Å². The van der Waals surface area contributed by atoms with Gasteiger partial charge in [0.2, 0.25) is 0 Å². The third-order valence-electron chi connectivity index (χ3n) is 8.70. The lowest BCUT2D eigenvalue weighted by Crippen LogP contribution is -2.55. The van der Waals surface area contributed by atoms with Gasteiger partial charge in [0.15, 0.2) is 0 Å². The maximum atomic E-state index is 12.3. The van der Waals surface area contributed by atoms with Gasteiger partial charge in [-0.3, -0.25) is 9.59 Å². The van der Waals surface area contributed by atoms with Crippen LogP contribution in [0.15, 0.2) is 0 Å². The summed E-state index contributed by atoms with van der Waals surface area (Å²) in [5.41, 5.74) is 0.508. The maximum Gasteiger partial charge on any atom is 0.302 e. The Balaban J connectivity index is 1.59. The molecule has 0 aromatic carbocycles. The Labute approximate surface area is 165 Å². The monoisotopic (exact) mass is 458 g/mol. The number of esters is 1. The standard InChI is InChI=1S/C21H31IO3/c1-12(23)25-19-7-6-15-14-5-4-13-10-18(24)17(22)11-21(13,3)16(14)8-9-20(15,19)2/h13-17,19H,4-11H2,1-3H3/t13-,14-,15-,16-,17+,19?,20-,21-/m0/s1. The fourth-order valence-electron chi connectivity index (χ4n) is 7.40. The molecule has 4 aliphatic rings. The SMILES string of the molecule is CC(=O)OC1CC[C@H]2[C@@H]3CC[C@H]4CC(=O)[C@H](I)C[C@]4(C)[C@H]3CC[C@]12C. The van der Waals surface area contributed by atoms with Crippen LogP contribution in [-0.4, -0.2) is 21.8 Å². The Morgan fingerprint density at radius 2 is 1.80 bits per heavy atom. The number of carbonyl (C=O) groups excluding carboxylic acids is 2. The van der Waals surface area contributed by atoms with Gasteiger partial charge in [0.25, 0.3) is 0 Å². The molecule has 0 amide bonds. The van der Waals surface area contributed by atoms with Crippen molar-refractivity contribution in [2.24, 2.45) is 34.5 Å². The van der Waals surface area contributed by atoms with E-state index in [0.29, 0.717) is 23.0 Å². The molecular weight excluding hydrogens is 427 g/mol. The highest BCUT2D eigenvalue weighted by Crippen LogP contribution is 2.66. The zero-order chi connectivity index (χ0) is 18.0. The molecule has 0 aromatic heterocycles. The summed E-state index contributed by atoms with van der Waals surface area (Å²) in [7, 11) is 0. The topological polar surface area (TPSA) is 43.4 Å². The van der Waals surface area contributed by atoms with Gasteiger partial charge in [-0.25, -0.2) is 0 Å². The summed E-state index contributed by atoms with van der Waals surface area (Å²) in [6.45, 7) is 6.43. The van der Waals surface area contributed by atoms with E-state index in [-0.39, 0.29) is 21.4 Å². The van der Waals surface area contributed by atoms with E-state index in [2.05, 4.69) is 36.4 Å². The Hall–Kier alpha value is -0.130. The lowest BCUT2D eigenvalue weighted by molar-refractivity contribution is -0.161. The number of rotatable bonds is 1. The van der Waals surface area contributed by atoms with Gasteiger partial charge in [-0.05, 0) is 74.0 Å². The lowest BCUT2D eigenvalue weighted by Gasteiger charge is -2.60. The molecule has 0 spiro atoms. The average Bonchev–Trinajstić information content (AvgIpc) is 2.85. The number of hydrogen-bond acceptors (Lipinski definition) is 3. The van der Waals surface area contributed by atoms with Crippen LogP contribution in [0.1, 0.15) is 72.1 Å². The average molecular weight is 458 g/mol. The smallest absolute Gasteiger partial charge is 0.302 e. The van der Waals surface area contributed by atoms with E-state index in [1.54, 1.807) is 6.92 Å². The zero-order valence-corrected chi connectivity index (χ0v) is 17.9. The Kier molecular flexibility index (Phi) is 4.53. The number of ether oxygens (including phenoxy) is 1. The zero-order valence-electron chi connectivity index (χ0n) is 15.7. The van der Waals surface area contributed by atoms with Gasteiger partial charge in [-0.2, -0.15) is 0 Å². The molecule has 0 radical (unpaired) electrons. The number of ketones is 1. The third kappa shape index (κ3) is 2.71. The summed E-state index contributed by atoms with van der Waals surface area (Å²) < 4.78 is 5.95. The third-order valence-corrected chi connectivity index (χ3v) is 9.84. The van der Waals surface area contributed by atoms with Crippen LogP contribution < -0.4 is 0 Å². The van der Waals surface area contributed by atoms with E-state index in [0.717, 1.165) is 31.1 Å². The molecule has 1 unspecified atom stereocenters. The molecule has 0 heterocycles. The molecule has 0 aromatic rings. The van der Waals surface area contributed by atoms with Gasteiger partial charge >= 0.3 is 5.97 Å². The first-order valence-electron chi connectivity index (χ1n) is 10.1. The molecule has 0 N–H and O–H groups in total. The molecule has 140 valence electrons. The molecule has 4 rings (SSSR count). The van der Waals surface area contributed by atoms with Gasteiger partial charge in [0.05, 0.1) is 3.92 Å². The Morgan fingerprint density at radius 1 is 1.08 bits per heavy atom. The second-order valence-electron chi connectivity index (χ2n) is 9.72. The van der Waals surface area contributed by atoms with Crippen molar-refractivity contribution in [3.63, 3.8) is 0 Å². The van der Waals surface area contributed by atoms with Crippen molar-refractivity contribution >= 4 is 34.3 Å². The first-order valence-corrected chi connectivity index (χ1v) is 11.3. The van der Waals surface area contributed by atoms with Crippen LogP contribution in [-0.2, 0) is 14.3 Å². The highest BCUT2D eigenvalue weighted by molar-refractivity contribution is 14.1. The maximum absolute atomic E-state index is 12.3. The highest BCUT2D eigenvalue weighted by atomic mass is 127. The molecule has 4 saturated carbocycles. The molecule has 4 fully saturated rings. The number of Topliss-reactive ketones (excluding diaryl/α,β-unsaturated/α-hetero) is 1. The fraction of sp³-hybridized carbons (Fsp3) is 0.905. The minimum atomic E-state index is -0.122. The van der Waals surface area contributed by atoms with Crippen LogP contribution in [0.5, 0.6) is 0 Å². The van der Waals surface area contributed by atoms with Crippen molar-refractivity contribution < 1.29 is 14.3 Å². The quantitative estimate of drug-likeness (QED) is 0.318. The minimum absolute atomic E-state index is 0.117. The summed E-state index contributed by atoms with van der Waals surface area (Å²) in [5, 5.41) is 0. The molecule has 0 saturated heterocycles. The van der Waals surface area contributed by atoms with E-state index < -0.39 is 0 Å². The van der Waals surface area contributed by atoms with Crippen molar-refractivity contribution in [3.05, 3.63) is 0 Å². The van der Waals surface area contributed by atoms with Gasteiger partial charge in [-0.15, -0.1) is 0 Å². The molecule has 0 aliphatic heterocycles. The van der Waals surface area contributed by atoms with Gasteiger partial charge in [0.1, 0.15) is 11.9 Å². The van der Waals surface area contributed by atoms with Crippen LogP contribution in [0.2, 0.25) is 0 Å². The fourth-order valence-corrected chi connectivity index (χ4v) is 8.61. The van der Waals surface area contributed by atoms with Crippen LogP contribution in [0.25, 0.3) is 0 Å². The van der Waals surface area contributed by atoms with Crippen LogP contribution in [0.4, 0.5) is 0 Å². The lowest BCUT2D eigenvalue weighted by atomic mass is 9.45. The molecule has 0 bridgehead atoms. The Bertz CT molecular complexity index is 590. The number of carbonyl (C=O) groups is 2. The molecule has 8 atom stereocenters. The van der Waals surface area contributed by atoms with E-state index in [1.165, 1.54) is 32.1 Å². The van der Waals surface area contributed by atoms with E-state index in [9.17, 15) is 9.59 Å². The predicted molar refractivity (Wildman–Crippen MR) is 105 cm³/mol. The normalized spacial score (nSPS) is 52.1. The van der Waals surface area contributed by atoms with E-state index in [4.69, 9.17) is 4.74 Å². The summed E-state index contributed by atoms with van der Waals surface area (Å²) in [6.07, 6.45) is 9.18. The molecule has 3 nitrogen and oxygen atoms in total. The first-order chi connectivity index (χ1) is 11.8. The van der Waals surface area contributed by atoms with Gasteiger partial charge in [0, 0.05) is 18.8 Å². The number of halogens is 1. The van der Waals surface area contributed by atoms with Crippen LogP contribution in [0, 0.1) is 34.5 Å². The molecule has 25 heavy (non-hydrogen) atoms. The van der Waals surface area contributed by atoms with Crippen molar-refractivity contribution in [1.29, 1.82) is 0 Å². The minimum Gasteiger partial charge on any atom is -0.462 e. The van der Waals surface area contributed by atoms with Crippen LogP contribution in [0.3, 0.4) is 0 Å². The van der Waals surface area contributed by atoms with E-state index >= 15 is 0 Å². The van der Waals surface area contributed by atoms with Gasteiger partial charge in [-0.1, -0.05) is 36.4 Å². The first kappa shape index (κ1) is 18.2. The number of hydrogen-bond donors (Lipinski definition) is 0. The molecule has 4 aliphatic carbocycles. The highest BCUT2D eigenvalue weighted by Gasteiger charge is 2.61. The second kappa shape index (κ2) is 6.20. The van der Waals surface area contributed by atoms with Crippen molar-refractivity contribution in [3.8, 4) is 0 Å². The molecular formula is C21H31IO3. The molecule has 4 heteroatoms. The summed E-state index contributed by atoms with van der Waals surface area (Å²) in [5.74, 6) is 3.17. The predicted octanol–water partition coefficient (Wildman–Crippen LogP) is 4.94. The summed E-state index contributed by atoms with van der Waals surface area (Å²) in [4.78, 5) is 23.8. The summed E-state index contributed by atoms with van der Waals surface area (Å²) >= 11 is 2.39. The largest absolute Gasteiger partial charge is 0.462 e. The van der Waals surface area contributed by atoms with Crippen molar-refractivity contribution in [1.82, 2.24) is 0 Å². The second-order valence-corrected chi connectivity index (χ2v) is 11.2.